The van der Waals surface area contributed by atoms with E-state index in [2.05, 4.69) is 127 Å². The van der Waals surface area contributed by atoms with Gasteiger partial charge in [-0.25, -0.2) is 0 Å². The lowest BCUT2D eigenvalue weighted by Crippen LogP contribution is -2.04. The van der Waals surface area contributed by atoms with Crippen molar-refractivity contribution in [3.63, 3.8) is 0 Å². The third-order valence-electron chi connectivity index (χ3n) is 10.0. The summed E-state index contributed by atoms with van der Waals surface area (Å²) >= 11 is 0. The normalized spacial score (nSPS) is 13.8. The fourth-order valence-electron chi connectivity index (χ4n) is 7.74. The molecule has 0 aliphatic heterocycles. The molecule has 0 saturated heterocycles. The minimum Gasteiger partial charge on any atom is -0.256 e. The minimum absolute atomic E-state index is 0.632. The van der Waals surface area contributed by atoms with Gasteiger partial charge in [0.15, 0.2) is 0 Å². The highest BCUT2D eigenvalue weighted by atomic mass is 14.7. The van der Waals surface area contributed by atoms with E-state index in [4.69, 9.17) is 0 Å². The van der Waals surface area contributed by atoms with E-state index in [0.717, 1.165) is 22.5 Å². The largest absolute Gasteiger partial charge is 0.256 e. The molecule has 1 aliphatic carbocycles. The Kier molecular flexibility index (Phi) is 7.42. The summed E-state index contributed by atoms with van der Waals surface area (Å²) in [5, 5.41) is 5.25. The van der Waals surface area contributed by atoms with E-state index in [0.29, 0.717) is 5.92 Å². The van der Waals surface area contributed by atoms with Gasteiger partial charge in [-0.15, -0.1) is 0 Å². The van der Waals surface area contributed by atoms with Crippen molar-refractivity contribution in [3.8, 4) is 44.8 Å². The predicted molar refractivity (Wildman–Crippen MR) is 194 cm³/mol. The second kappa shape index (κ2) is 12.0. The van der Waals surface area contributed by atoms with E-state index in [-0.39, 0.29) is 0 Å². The first-order valence-electron chi connectivity index (χ1n) is 16.7. The van der Waals surface area contributed by atoms with Crippen LogP contribution in [0.2, 0.25) is 0 Å². The molecular weight excluding hydrogens is 556 g/mol. The van der Waals surface area contributed by atoms with Gasteiger partial charge in [0.05, 0.1) is 11.4 Å². The first kappa shape index (κ1) is 28.4. The number of aromatic nitrogens is 2. The van der Waals surface area contributed by atoms with Gasteiger partial charge in [-0.3, -0.25) is 9.97 Å². The molecule has 224 valence electrons. The SMILES string of the molecule is Cc1cc(-c2ccccn2)ccc1-c1c2ccccc2c(-c2ccc(-c3ccccn3)cc2C)c2cc(C3CCCCC3)ccc12. The van der Waals surface area contributed by atoms with E-state index in [1.807, 2.05) is 24.5 Å². The zero-order chi connectivity index (χ0) is 31.0. The predicted octanol–water partition coefficient (Wildman–Crippen LogP) is 12.1. The quantitative estimate of drug-likeness (QED) is 0.185. The smallest absolute Gasteiger partial charge is 0.0702 e. The van der Waals surface area contributed by atoms with Crippen molar-refractivity contribution in [2.24, 2.45) is 0 Å². The summed E-state index contributed by atoms with van der Waals surface area (Å²) in [7, 11) is 0. The highest BCUT2D eigenvalue weighted by Crippen LogP contribution is 2.47. The third kappa shape index (κ3) is 5.08. The first-order valence-corrected chi connectivity index (χ1v) is 16.7. The van der Waals surface area contributed by atoms with E-state index >= 15 is 0 Å². The molecule has 1 fully saturated rings. The van der Waals surface area contributed by atoms with Gasteiger partial charge in [0.25, 0.3) is 0 Å². The number of rotatable bonds is 5. The van der Waals surface area contributed by atoms with Crippen LogP contribution < -0.4 is 0 Å². The molecule has 2 nitrogen and oxygen atoms in total. The third-order valence-corrected chi connectivity index (χ3v) is 10.0. The molecule has 0 atom stereocenters. The molecule has 0 unspecified atom stereocenters. The number of nitrogens with zero attached hydrogens (tertiary/aromatic N) is 2. The molecule has 8 rings (SSSR count). The van der Waals surface area contributed by atoms with Crippen LogP contribution in [-0.2, 0) is 0 Å². The van der Waals surface area contributed by atoms with Gasteiger partial charge in [-0.05, 0) is 129 Å². The second-order valence-corrected chi connectivity index (χ2v) is 12.9. The van der Waals surface area contributed by atoms with Crippen LogP contribution in [0.1, 0.15) is 54.7 Å². The van der Waals surface area contributed by atoms with Crippen molar-refractivity contribution in [3.05, 3.63) is 144 Å². The number of fused-ring (bicyclic) bond motifs is 2. The molecule has 0 bridgehead atoms. The standard InChI is InChI=1S/C44H38N2/c1-29-26-33(41-16-8-10-24-45-41)19-21-35(29)43-37-14-6-7-15-38(37)44(36-22-20-34(27-30(36)2)42-17-9-11-25-46-42)40-28-32(18-23-39(40)43)31-12-4-3-5-13-31/h6-11,14-28,31H,3-5,12-13H2,1-2H3. The summed E-state index contributed by atoms with van der Waals surface area (Å²) in [6, 6.07) is 42.3. The number of aryl methyl sites for hydroxylation is 2. The van der Waals surface area contributed by atoms with E-state index < -0.39 is 0 Å². The van der Waals surface area contributed by atoms with Crippen molar-refractivity contribution in [1.82, 2.24) is 9.97 Å². The Labute approximate surface area is 271 Å². The maximum atomic E-state index is 4.63. The number of pyridine rings is 2. The summed E-state index contributed by atoms with van der Waals surface area (Å²) < 4.78 is 0. The van der Waals surface area contributed by atoms with Crippen LogP contribution in [0.5, 0.6) is 0 Å². The first-order chi connectivity index (χ1) is 22.7. The lowest BCUT2D eigenvalue weighted by molar-refractivity contribution is 0.444. The number of hydrogen-bond donors (Lipinski definition) is 0. The average molecular weight is 595 g/mol. The maximum Gasteiger partial charge on any atom is 0.0702 e. The van der Waals surface area contributed by atoms with Crippen LogP contribution in [0.3, 0.4) is 0 Å². The highest BCUT2D eigenvalue weighted by Gasteiger charge is 2.22. The minimum atomic E-state index is 0.632. The van der Waals surface area contributed by atoms with E-state index in [9.17, 15) is 0 Å². The van der Waals surface area contributed by atoms with Crippen molar-refractivity contribution in [1.29, 1.82) is 0 Å². The van der Waals surface area contributed by atoms with Crippen molar-refractivity contribution in [2.45, 2.75) is 51.9 Å². The Balaban J connectivity index is 1.39. The van der Waals surface area contributed by atoms with Crippen LogP contribution >= 0.6 is 0 Å². The van der Waals surface area contributed by atoms with E-state index in [1.165, 1.54) is 92.6 Å². The van der Waals surface area contributed by atoms with Gasteiger partial charge in [0, 0.05) is 23.5 Å². The van der Waals surface area contributed by atoms with Crippen molar-refractivity contribution >= 4 is 21.5 Å². The van der Waals surface area contributed by atoms with Crippen LogP contribution in [-0.4, -0.2) is 9.97 Å². The van der Waals surface area contributed by atoms with Crippen LogP contribution in [0.25, 0.3) is 66.3 Å². The topological polar surface area (TPSA) is 25.8 Å². The maximum absolute atomic E-state index is 4.63. The average Bonchev–Trinajstić information content (AvgIpc) is 3.12. The summed E-state index contributed by atoms with van der Waals surface area (Å²) in [5.74, 6) is 0.632. The fourth-order valence-corrected chi connectivity index (χ4v) is 7.74. The van der Waals surface area contributed by atoms with Gasteiger partial charge < -0.3 is 0 Å². The Bertz CT molecular complexity index is 2190. The molecule has 0 radical (unpaired) electrons. The molecule has 2 aromatic heterocycles. The number of hydrogen-bond acceptors (Lipinski definition) is 2. The molecule has 0 N–H and O–H groups in total. The molecular formula is C44H38N2. The van der Waals surface area contributed by atoms with Gasteiger partial charge in [0.2, 0.25) is 0 Å². The molecule has 1 aliphatic rings. The van der Waals surface area contributed by atoms with Crippen LogP contribution in [0, 0.1) is 13.8 Å². The summed E-state index contributed by atoms with van der Waals surface area (Å²) in [5.41, 5.74) is 13.5. The summed E-state index contributed by atoms with van der Waals surface area (Å²) in [4.78, 5) is 9.25. The molecule has 2 heteroatoms. The van der Waals surface area contributed by atoms with Crippen molar-refractivity contribution in [2.75, 3.05) is 0 Å². The number of benzene rings is 5. The Morgan fingerprint density at radius 3 is 1.52 bits per heavy atom. The van der Waals surface area contributed by atoms with E-state index in [1.54, 1.807) is 0 Å². The summed E-state index contributed by atoms with van der Waals surface area (Å²) in [6.07, 6.45) is 10.3. The Hall–Kier alpha value is -5.08. The van der Waals surface area contributed by atoms with Gasteiger partial charge in [-0.1, -0.05) is 98.1 Å². The van der Waals surface area contributed by atoms with Gasteiger partial charge in [-0.2, -0.15) is 0 Å². The Morgan fingerprint density at radius 2 is 1.00 bits per heavy atom. The van der Waals surface area contributed by atoms with Crippen LogP contribution in [0.15, 0.2) is 128 Å². The van der Waals surface area contributed by atoms with Crippen LogP contribution in [0.4, 0.5) is 0 Å². The lowest BCUT2D eigenvalue weighted by atomic mass is 9.80. The van der Waals surface area contributed by atoms with Gasteiger partial charge >= 0.3 is 0 Å². The molecule has 5 aromatic carbocycles. The molecule has 7 aromatic rings. The second-order valence-electron chi connectivity index (χ2n) is 12.9. The molecule has 0 spiro atoms. The zero-order valence-corrected chi connectivity index (χ0v) is 26.6. The highest BCUT2D eigenvalue weighted by molar-refractivity contribution is 6.22. The monoisotopic (exact) mass is 594 g/mol. The zero-order valence-electron chi connectivity index (χ0n) is 26.6. The molecule has 0 amide bonds. The molecule has 46 heavy (non-hydrogen) atoms. The molecule has 2 heterocycles. The lowest BCUT2D eigenvalue weighted by Gasteiger charge is -2.24. The summed E-state index contributed by atoms with van der Waals surface area (Å²) in [6.45, 7) is 4.49. The Morgan fingerprint density at radius 1 is 0.478 bits per heavy atom. The fraction of sp³-hybridized carbons (Fsp3) is 0.182. The van der Waals surface area contributed by atoms with Gasteiger partial charge in [0.1, 0.15) is 0 Å². The van der Waals surface area contributed by atoms with Crippen molar-refractivity contribution < 1.29 is 0 Å². The molecule has 1 saturated carbocycles.